The summed E-state index contributed by atoms with van der Waals surface area (Å²) in [7, 11) is 0. The van der Waals surface area contributed by atoms with Gasteiger partial charge in [-0.2, -0.15) is 5.10 Å². The number of aromatic amines is 1. The van der Waals surface area contributed by atoms with Gasteiger partial charge in [-0.3, -0.25) is 15.0 Å². The molecule has 0 spiro atoms. The Morgan fingerprint density at radius 1 is 1.00 bits per heavy atom. The van der Waals surface area contributed by atoms with E-state index in [2.05, 4.69) is 86.6 Å². The summed E-state index contributed by atoms with van der Waals surface area (Å²) in [6.07, 6.45) is 8.77. The number of H-pyrrole nitrogens is 1. The number of aromatic nitrogens is 3. The highest BCUT2D eigenvalue weighted by Crippen LogP contribution is 2.47. The first-order valence-corrected chi connectivity index (χ1v) is 11.9. The molecule has 0 radical (unpaired) electrons. The topological polar surface area (TPSA) is 56.8 Å². The van der Waals surface area contributed by atoms with Crippen molar-refractivity contribution in [2.75, 3.05) is 13.1 Å². The fourth-order valence-electron chi connectivity index (χ4n) is 5.07. The molecule has 1 aliphatic heterocycles. The third-order valence-electron chi connectivity index (χ3n) is 7.05. The van der Waals surface area contributed by atoms with Crippen molar-refractivity contribution in [3.63, 3.8) is 0 Å². The lowest BCUT2D eigenvalue weighted by Crippen LogP contribution is -2.27. The van der Waals surface area contributed by atoms with Gasteiger partial charge in [0, 0.05) is 29.9 Å². The minimum Gasteiger partial charge on any atom is -0.374 e. The molecule has 0 amide bonds. The molecule has 166 valence electrons. The van der Waals surface area contributed by atoms with Gasteiger partial charge >= 0.3 is 0 Å². The van der Waals surface area contributed by atoms with Crippen LogP contribution in [-0.4, -0.2) is 33.2 Å². The molecule has 3 heterocycles. The summed E-state index contributed by atoms with van der Waals surface area (Å²) in [6, 6.07) is 19.4. The molecule has 2 aliphatic rings. The average Bonchev–Trinajstić information content (AvgIpc) is 3.24. The van der Waals surface area contributed by atoms with Gasteiger partial charge in [0.25, 0.3) is 0 Å². The summed E-state index contributed by atoms with van der Waals surface area (Å²) < 4.78 is 0. The first-order chi connectivity index (χ1) is 16.2. The van der Waals surface area contributed by atoms with Crippen molar-refractivity contribution in [2.24, 2.45) is 0 Å². The monoisotopic (exact) mass is 435 g/mol. The Labute approximate surface area is 194 Å². The Balaban J connectivity index is 1.28. The van der Waals surface area contributed by atoms with Crippen LogP contribution in [0, 0.1) is 0 Å². The van der Waals surface area contributed by atoms with Crippen molar-refractivity contribution in [3.8, 4) is 11.1 Å². The van der Waals surface area contributed by atoms with Crippen LogP contribution in [0.15, 0.2) is 73.6 Å². The van der Waals surface area contributed by atoms with Crippen molar-refractivity contribution in [2.45, 2.75) is 37.8 Å². The number of pyridine rings is 1. The number of hydrogen-bond donors (Lipinski definition) is 2. The number of benzene rings is 2. The molecule has 5 heteroatoms. The first-order valence-electron chi connectivity index (χ1n) is 11.9. The van der Waals surface area contributed by atoms with E-state index in [9.17, 15) is 0 Å². The Hall–Kier alpha value is -3.44. The van der Waals surface area contributed by atoms with Gasteiger partial charge in [-0.05, 0) is 73.7 Å². The Kier molecular flexibility index (Phi) is 4.99. The summed E-state index contributed by atoms with van der Waals surface area (Å²) in [6.45, 7) is 7.71. The number of nitrogens with zero attached hydrogens (tertiary/aromatic N) is 3. The van der Waals surface area contributed by atoms with Crippen LogP contribution in [0.4, 0.5) is 0 Å². The highest BCUT2D eigenvalue weighted by molar-refractivity contribution is 5.92. The largest absolute Gasteiger partial charge is 0.374 e. The van der Waals surface area contributed by atoms with Gasteiger partial charge in [0.15, 0.2) is 0 Å². The van der Waals surface area contributed by atoms with Crippen LogP contribution in [0.3, 0.4) is 0 Å². The van der Waals surface area contributed by atoms with Crippen LogP contribution in [0.5, 0.6) is 0 Å². The Morgan fingerprint density at radius 2 is 1.82 bits per heavy atom. The van der Waals surface area contributed by atoms with Crippen LogP contribution in [0.1, 0.15) is 42.5 Å². The van der Waals surface area contributed by atoms with Crippen molar-refractivity contribution < 1.29 is 0 Å². The van der Waals surface area contributed by atoms with E-state index in [1.165, 1.54) is 37.1 Å². The fourth-order valence-corrected chi connectivity index (χ4v) is 5.07. The molecule has 1 saturated heterocycles. The van der Waals surface area contributed by atoms with Crippen LogP contribution >= 0.6 is 0 Å². The summed E-state index contributed by atoms with van der Waals surface area (Å²) in [5, 5.41) is 12.6. The van der Waals surface area contributed by atoms with E-state index in [-0.39, 0.29) is 5.54 Å². The average molecular weight is 436 g/mol. The summed E-state index contributed by atoms with van der Waals surface area (Å²) in [5.74, 6) is 0. The SMILES string of the molecule is C=C(NC1(c2ccccc2)CC1)c1n[nH]c2ccc(-c3cncc(CN4CCCC4)c3)cc12. The van der Waals surface area contributed by atoms with E-state index in [0.717, 1.165) is 52.8 Å². The predicted molar refractivity (Wildman–Crippen MR) is 133 cm³/mol. The molecule has 0 unspecified atom stereocenters. The van der Waals surface area contributed by atoms with E-state index in [1.807, 2.05) is 12.4 Å². The summed E-state index contributed by atoms with van der Waals surface area (Å²) in [4.78, 5) is 7.05. The zero-order chi connectivity index (χ0) is 22.3. The Bertz CT molecular complexity index is 1300. The smallest absolute Gasteiger partial charge is 0.115 e. The first kappa shape index (κ1) is 20.2. The van der Waals surface area contributed by atoms with E-state index < -0.39 is 0 Å². The highest BCUT2D eigenvalue weighted by atomic mass is 15.1. The van der Waals surface area contributed by atoms with Gasteiger partial charge in [-0.15, -0.1) is 0 Å². The van der Waals surface area contributed by atoms with Crippen molar-refractivity contribution in [1.82, 2.24) is 25.4 Å². The summed E-state index contributed by atoms with van der Waals surface area (Å²) >= 11 is 0. The standard InChI is InChI=1S/C28H29N5/c1-20(30-28(11-12-28)24-7-3-2-4-8-24)27-25-16-22(9-10-26(25)31-32-27)23-15-21(17-29-18-23)19-33-13-5-6-14-33/h2-4,7-10,15-18,30H,1,5-6,11-14,19H2,(H,31,32). The van der Waals surface area contributed by atoms with Gasteiger partial charge in [-0.25, -0.2) is 0 Å². The van der Waals surface area contributed by atoms with Gasteiger partial charge in [0.2, 0.25) is 0 Å². The minimum atomic E-state index is -0.0188. The fraction of sp³-hybridized carbons (Fsp3) is 0.286. The molecule has 0 atom stereocenters. The van der Waals surface area contributed by atoms with E-state index in [0.29, 0.717) is 0 Å². The van der Waals surface area contributed by atoms with Crippen LogP contribution in [0.25, 0.3) is 27.7 Å². The molecule has 1 aliphatic carbocycles. The van der Waals surface area contributed by atoms with Gasteiger partial charge in [0.05, 0.1) is 16.8 Å². The zero-order valence-corrected chi connectivity index (χ0v) is 18.8. The molecule has 6 rings (SSSR count). The molecule has 33 heavy (non-hydrogen) atoms. The maximum absolute atomic E-state index is 4.61. The van der Waals surface area contributed by atoms with Crippen LogP contribution in [0.2, 0.25) is 0 Å². The number of rotatable bonds is 7. The number of fused-ring (bicyclic) bond motifs is 1. The molecule has 2 N–H and O–H groups in total. The van der Waals surface area contributed by atoms with E-state index in [1.54, 1.807) is 0 Å². The molecular formula is C28H29N5. The normalized spacial score (nSPS) is 17.3. The van der Waals surface area contributed by atoms with Crippen LogP contribution < -0.4 is 5.32 Å². The maximum atomic E-state index is 4.61. The second-order valence-electron chi connectivity index (χ2n) is 9.45. The van der Waals surface area contributed by atoms with Gasteiger partial charge in [-0.1, -0.05) is 43.0 Å². The predicted octanol–water partition coefficient (Wildman–Crippen LogP) is 5.47. The lowest BCUT2D eigenvalue weighted by atomic mass is 10.0. The number of hydrogen-bond acceptors (Lipinski definition) is 4. The van der Waals surface area contributed by atoms with Crippen molar-refractivity contribution in [1.29, 1.82) is 0 Å². The zero-order valence-electron chi connectivity index (χ0n) is 18.8. The van der Waals surface area contributed by atoms with Crippen molar-refractivity contribution in [3.05, 3.63) is 90.4 Å². The Morgan fingerprint density at radius 3 is 2.61 bits per heavy atom. The van der Waals surface area contributed by atoms with E-state index >= 15 is 0 Å². The molecule has 2 fully saturated rings. The quantitative estimate of drug-likeness (QED) is 0.404. The molecule has 1 saturated carbocycles. The number of nitrogens with one attached hydrogen (secondary N) is 2. The maximum Gasteiger partial charge on any atom is 0.115 e. The lowest BCUT2D eigenvalue weighted by Gasteiger charge is -2.20. The second-order valence-corrected chi connectivity index (χ2v) is 9.45. The minimum absolute atomic E-state index is 0.0188. The molecule has 4 aromatic rings. The van der Waals surface area contributed by atoms with Crippen LogP contribution in [-0.2, 0) is 12.1 Å². The second kappa shape index (κ2) is 8.16. The van der Waals surface area contributed by atoms with Gasteiger partial charge < -0.3 is 5.32 Å². The van der Waals surface area contributed by atoms with Crippen molar-refractivity contribution >= 4 is 16.6 Å². The molecular weight excluding hydrogens is 406 g/mol. The molecule has 0 bridgehead atoms. The van der Waals surface area contributed by atoms with E-state index in [4.69, 9.17) is 0 Å². The third-order valence-corrected chi connectivity index (χ3v) is 7.05. The number of likely N-dealkylation sites (tertiary alicyclic amines) is 1. The molecule has 5 nitrogen and oxygen atoms in total. The highest BCUT2D eigenvalue weighted by Gasteiger charge is 2.44. The summed E-state index contributed by atoms with van der Waals surface area (Å²) in [5.41, 5.74) is 7.62. The molecule has 2 aromatic heterocycles. The lowest BCUT2D eigenvalue weighted by molar-refractivity contribution is 0.331. The van der Waals surface area contributed by atoms with Gasteiger partial charge in [0.1, 0.15) is 5.69 Å². The third kappa shape index (κ3) is 3.93. The molecule has 2 aromatic carbocycles.